The molecule has 2 N–H and O–H groups in total. The molecular formula is C12H19N3O2. The average molecular weight is 237 g/mol. The SMILES string of the molecule is CCC1C(=O)NC(=O)CN1C(=N)C1CCCC1. The molecule has 1 atom stereocenters. The number of hydrogen-bond acceptors (Lipinski definition) is 3. The number of imide groups is 1. The first-order valence-electron chi connectivity index (χ1n) is 6.32. The first-order valence-corrected chi connectivity index (χ1v) is 6.32. The molecule has 1 heterocycles. The molecule has 2 amide bonds. The number of piperazine rings is 1. The Balaban J connectivity index is 2.12. The molecule has 94 valence electrons. The highest BCUT2D eigenvalue weighted by atomic mass is 16.2. The van der Waals surface area contributed by atoms with E-state index in [0.29, 0.717) is 12.3 Å². The summed E-state index contributed by atoms with van der Waals surface area (Å²) in [6, 6.07) is -0.346. The summed E-state index contributed by atoms with van der Waals surface area (Å²) in [5.74, 6) is 0.175. The quantitative estimate of drug-likeness (QED) is 0.425. The van der Waals surface area contributed by atoms with Crippen molar-refractivity contribution in [2.45, 2.75) is 45.1 Å². The van der Waals surface area contributed by atoms with E-state index in [2.05, 4.69) is 5.32 Å². The monoisotopic (exact) mass is 237 g/mol. The van der Waals surface area contributed by atoms with Crippen molar-refractivity contribution in [3.05, 3.63) is 0 Å². The number of nitrogens with zero attached hydrogens (tertiary/aromatic N) is 1. The molecule has 0 radical (unpaired) electrons. The van der Waals surface area contributed by atoms with Gasteiger partial charge in [-0.1, -0.05) is 19.8 Å². The summed E-state index contributed by atoms with van der Waals surface area (Å²) in [6.07, 6.45) is 4.97. The first kappa shape index (κ1) is 12.1. The van der Waals surface area contributed by atoms with Crippen LogP contribution in [0.5, 0.6) is 0 Å². The summed E-state index contributed by atoms with van der Waals surface area (Å²) in [7, 11) is 0. The Morgan fingerprint density at radius 1 is 1.41 bits per heavy atom. The van der Waals surface area contributed by atoms with Crippen molar-refractivity contribution in [3.8, 4) is 0 Å². The van der Waals surface area contributed by atoms with E-state index in [4.69, 9.17) is 5.41 Å². The molecule has 0 aromatic carbocycles. The minimum absolute atomic E-state index is 0.152. The highest BCUT2D eigenvalue weighted by molar-refractivity contribution is 6.04. The van der Waals surface area contributed by atoms with Gasteiger partial charge in [0, 0.05) is 5.92 Å². The van der Waals surface area contributed by atoms with Gasteiger partial charge in [-0.05, 0) is 19.3 Å². The highest BCUT2D eigenvalue weighted by Gasteiger charge is 2.36. The zero-order valence-electron chi connectivity index (χ0n) is 10.2. The molecule has 17 heavy (non-hydrogen) atoms. The van der Waals surface area contributed by atoms with Gasteiger partial charge in [-0.25, -0.2) is 0 Å². The van der Waals surface area contributed by atoms with Crippen LogP contribution in [-0.4, -0.2) is 35.1 Å². The molecule has 2 aliphatic rings. The van der Waals surface area contributed by atoms with Gasteiger partial charge in [0.05, 0.1) is 6.54 Å². The van der Waals surface area contributed by atoms with Crippen LogP contribution in [0.2, 0.25) is 0 Å². The van der Waals surface area contributed by atoms with Crippen LogP contribution in [0.25, 0.3) is 0 Å². The predicted octanol–water partition coefficient (Wildman–Crippen LogP) is 0.891. The van der Waals surface area contributed by atoms with Gasteiger partial charge in [-0.2, -0.15) is 0 Å². The molecule has 1 aliphatic heterocycles. The molecule has 1 saturated carbocycles. The Kier molecular flexibility index (Phi) is 3.45. The molecule has 0 spiro atoms. The number of amides is 2. The summed E-state index contributed by atoms with van der Waals surface area (Å²) in [6.45, 7) is 2.06. The number of hydrogen-bond donors (Lipinski definition) is 2. The van der Waals surface area contributed by atoms with Crippen molar-refractivity contribution >= 4 is 17.6 Å². The van der Waals surface area contributed by atoms with Crippen LogP contribution in [0.15, 0.2) is 0 Å². The molecule has 1 saturated heterocycles. The fraction of sp³-hybridized carbons (Fsp3) is 0.750. The highest BCUT2D eigenvalue weighted by Crippen LogP contribution is 2.28. The molecule has 2 rings (SSSR count). The Hall–Kier alpha value is -1.39. The van der Waals surface area contributed by atoms with Crippen LogP contribution in [0, 0.1) is 11.3 Å². The van der Waals surface area contributed by atoms with Gasteiger partial charge < -0.3 is 4.90 Å². The molecule has 2 fully saturated rings. The third-order valence-electron chi connectivity index (χ3n) is 3.69. The van der Waals surface area contributed by atoms with E-state index in [0.717, 1.165) is 25.7 Å². The Bertz CT molecular complexity index is 348. The summed E-state index contributed by atoms with van der Waals surface area (Å²) in [5, 5.41) is 10.5. The van der Waals surface area contributed by atoms with Gasteiger partial charge in [0.25, 0.3) is 0 Å². The van der Waals surface area contributed by atoms with E-state index in [9.17, 15) is 9.59 Å². The minimum atomic E-state index is -0.346. The van der Waals surface area contributed by atoms with Crippen LogP contribution < -0.4 is 5.32 Å². The fourth-order valence-electron chi connectivity index (χ4n) is 2.76. The standard InChI is InChI=1S/C12H19N3O2/c1-2-9-12(17)14-10(16)7-15(9)11(13)8-5-3-4-6-8/h8-9,13H,2-7H2,1H3,(H,14,16,17). The number of nitrogens with one attached hydrogen (secondary N) is 2. The first-order chi connectivity index (χ1) is 8.13. The third-order valence-corrected chi connectivity index (χ3v) is 3.69. The normalized spacial score (nSPS) is 26.2. The van der Waals surface area contributed by atoms with E-state index in [1.165, 1.54) is 0 Å². The smallest absolute Gasteiger partial charge is 0.249 e. The summed E-state index contributed by atoms with van der Waals surface area (Å²) >= 11 is 0. The lowest BCUT2D eigenvalue weighted by atomic mass is 10.0. The largest absolute Gasteiger partial charge is 0.339 e. The summed E-state index contributed by atoms with van der Waals surface area (Å²) in [4.78, 5) is 24.8. The van der Waals surface area contributed by atoms with Crippen LogP contribution in [0.3, 0.4) is 0 Å². The van der Waals surface area contributed by atoms with Crippen molar-refractivity contribution in [2.75, 3.05) is 6.54 Å². The van der Waals surface area contributed by atoms with E-state index < -0.39 is 0 Å². The second-order valence-electron chi connectivity index (χ2n) is 4.83. The van der Waals surface area contributed by atoms with E-state index in [1.807, 2.05) is 6.92 Å². The van der Waals surface area contributed by atoms with Crippen molar-refractivity contribution in [1.29, 1.82) is 5.41 Å². The van der Waals surface area contributed by atoms with Gasteiger partial charge in [0.1, 0.15) is 11.9 Å². The summed E-state index contributed by atoms with van der Waals surface area (Å²) < 4.78 is 0. The lowest BCUT2D eigenvalue weighted by Crippen LogP contribution is -2.60. The lowest BCUT2D eigenvalue weighted by Gasteiger charge is -2.37. The molecule has 0 aromatic heterocycles. The van der Waals surface area contributed by atoms with Crippen molar-refractivity contribution in [2.24, 2.45) is 5.92 Å². The van der Waals surface area contributed by atoms with Gasteiger partial charge in [-0.3, -0.25) is 20.3 Å². The fourth-order valence-corrected chi connectivity index (χ4v) is 2.76. The zero-order valence-corrected chi connectivity index (χ0v) is 10.2. The van der Waals surface area contributed by atoms with E-state index in [-0.39, 0.29) is 30.3 Å². The molecule has 1 unspecified atom stereocenters. The number of carbonyl (C=O) groups is 2. The molecule has 0 bridgehead atoms. The van der Waals surface area contributed by atoms with Crippen LogP contribution >= 0.6 is 0 Å². The lowest BCUT2D eigenvalue weighted by molar-refractivity contribution is -0.137. The maximum atomic E-state index is 11.7. The Morgan fingerprint density at radius 3 is 2.65 bits per heavy atom. The topological polar surface area (TPSA) is 73.3 Å². The second kappa shape index (κ2) is 4.85. The average Bonchev–Trinajstić information content (AvgIpc) is 2.80. The maximum absolute atomic E-state index is 11.7. The van der Waals surface area contributed by atoms with Crippen LogP contribution in [0.4, 0.5) is 0 Å². The van der Waals surface area contributed by atoms with Gasteiger partial charge in [0.2, 0.25) is 11.8 Å². The van der Waals surface area contributed by atoms with Gasteiger partial charge in [0.15, 0.2) is 0 Å². The van der Waals surface area contributed by atoms with Crippen molar-refractivity contribution in [1.82, 2.24) is 10.2 Å². The summed E-state index contributed by atoms with van der Waals surface area (Å²) in [5.41, 5.74) is 0. The predicted molar refractivity (Wildman–Crippen MR) is 63.6 cm³/mol. The Labute approximate surface area is 101 Å². The van der Waals surface area contributed by atoms with E-state index in [1.54, 1.807) is 4.90 Å². The number of rotatable bonds is 2. The molecule has 5 heteroatoms. The van der Waals surface area contributed by atoms with Gasteiger partial charge >= 0.3 is 0 Å². The molecule has 1 aliphatic carbocycles. The van der Waals surface area contributed by atoms with Gasteiger partial charge in [-0.15, -0.1) is 0 Å². The van der Waals surface area contributed by atoms with Crippen molar-refractivity contribution in [3.63, 3.8) is 0 Å². The molecular weight excluding hydrogens is 218 g/mol. The maximum Gasteiger partial charge on any atom is 0.249 e. The third kappa shape index (κ3) is 2.33. The number of amidine groups is 1. The van der Waals surface area contributed by atoms with Crippen molar-refractivity contribution < 1.29 is 9.59 Å². The Morgan fingerprint density at radius 2 is 2.06 bits per heavy atom. The number of carbonyl (C=O) groups excluding carboxylic acids is 2. The van der Waals surface area contributed by atoms with Crippen LogP contribution in [0.1, 0.15) is 39.0 Å². The second-order valence-corrected chi connectivity index (χ2v) is 4.83. The van der Waals surface area contributed by atoms with Crippen LogP contribution in [-0.2, 0) is 9.59 Å². The molecule has 5 nitrogen and oxygen atoms in total. The molecule has 0 aromatic rings. The van der Waals surface area contributed by atoms with E-state index >= 15 is 0 Å². The minimum Gasteiger partial charge on any atom is -0.339 e. The zero-order chi connectivity index (χ0) is 12.4.